The van der Waals surface area contributed by atoms with Crippen LogP contribution in [-0.2, 0) is 14.4 Å². The zero-order chi connectivity index (χ0) is 19.0. The monoisotopic (exact) mass is 343 g/mol. The number of nitrogens with one attached hydrogen (secondary N) is 1. The van der Waals surface area contributed by atoms with Crippen LogP contribution >= 0.6 is 0 Å². The summed E-state index contributed by atoms with van der Waals surface area (Å²) in [4.78, 5) is 34.9. The molecule has 0 heterocycles. The molecule has 1 amide bonds. The van der Waals surface area contributed by atoms with E-state index in [1.807, 2.05) is 13.0 Å². The van der Waals surface area contributed by atoms with Gasteiger partial charge in [-0.25, -0.2) is 0 Å². The number of aliphatic hydroxyl groups is 2. The Morgan fingerprint density at radius 3 is 2.04 bits per heavy atom. The molecule has 0 aliphatic carbocycles. The molecule has 0 rings (SSSR count). The number of carbonyl (C=O) groups is 3. The van der Waals surface area contributed by atoms with Crippen LogP contribution in [0, 0.1) is 17.8 Å². The average molecular weight is 343 g/mol. The molecule has 138 valence electrons. The number of carboxylic acids is 1. The number of ketones is 1. The maximum atomic E-state index is 12.0. The Kier molecular flexibility index (Phi) is 9.47. The molecular formula is C17H29NO6. The third-order valence-electron chi connectivity index (χ3n) is 4.24. The smallest absolute Gasteiger partial charge is 0.308 e. The summed E-state index contributed by atoms with van der Waals surface area (Å²) in [6.45, 7) is 7.63. The van der Waals surface area contributed by atoms with Crippen molar-refractivity contribution in [3.05, 3.63) is 11.6 Å². The van der Waals surface area contributed by atoms with Crippen molar-refractivity contribution in [2.45, 2.75) is 53.2 Å². The van der Waals surface area contributed by atoms with E-state index in [-0.39, 0.29) is 6.54 Å². The highest BCUT2D eigenvalue weighted by Gasteiger charge is 2.31. The molecule has 24 heavy (non-hydrogen) atoms. The Morgan fingerprint density at radius 2 is 1.58 bits per heavy atom. The van der Waals surface area contributed by atoms with Crippen molar-refractivity contribution >= 4 is 17.7 Å². The van der Waals surface area contributed by atoms with Crippen molar-refractivity contribution in [1.29, 1.82) is 0 Å². The first-order valence-electron chi connectivity index (χ1n) is 8.10. The first-order valence-corrected chi connectivity index (χ1v) is 8.10. The van der Waals surface area contributed by atoms with Gasteiger partial charge in [0.2, 0.25) is 5.91 Å². The minimum absolute atomic E-state index is 0.322. The zero-order valence-corrected chi connectivity index (χ0v) is 14.9. The molecule has 0 aromatic rings. The molecule has 7 nitrogen and oxygen atoms in total. The largest absolute Gasteiger partial charge is 0.481 e. The molecule has 0 aromatic carbocycles. The number of rotatable bonds is 10. The van der Waals surface area contributed by atoms with Crippen molar-refractivity contribution < 1.29 is 29.7 Å². The van der Waals surface area contributed by atoms with E-state index in [0.29, 0.717) is 5.57 Å². The van der Waals surface area contributed by atoms with Crippen LogP contribution in [0.15, 0.2) is 11.6 Å². The van der Waals surface area contributed by atoms with Crippen molar-refractivity contribution in [2.24, 2.45) is 17.8 Å². The van der Waals surface area contributed by atoms with Gasteiger partial charge in [-0.2, -0.15) is 0 Å². The molecule has 4 N–H and O–H groups in total. The summed E-state index contributed by atoms with van der Waals surface area (Å²) in [7, 11) is 0. The van der Waals surface area contributed by atoms with Gasteiger partial charge >= 0.3 is 5.97 Å². The molecule has 0 saturated carbocycles. The molecule has 0 fully saturated rings. The van der Waals surface area contributed by atoms with Crippen LogP contribution in [0.2, 0.25) is 0 Å². The van der Waals surface area contributed by atoms with Crippen LogP contribution in [0.4, 0.5) is 0 Å². The summed E-state index contributed by atoms with van der Waals surface area (Å²) < 4.78 is 0. The standard InChI is InChI=1S/C17H29NO6/c1-6-7-9(2)14(20)11(4)16(22)18-8-13(19)10(3)15(21)12(5)17(23)24/h7,10-12,14-15,20-21H,6,8H2,1-5H3,(H,18,22)(H,23,24)/b9-7+/t10-,11+,12-,14-,15-/m1/s1. The Morgan fingerprint density at radius 1 is 1.04 bits per heavy atom. The summed E-state index contributed by atoms with van der Waals surface area (Å²) in [6, 6.07) is 0. The van der Waals surface area contributed by atoms with Gasteiger partial charge < -0.3 is 20.6 Å². The highest BCUT2D eigenvalue weighted by molar-refractivity contribution is 5.89. The topological polar surface area (TPSA) is 124 Å². The molecule has 0 spiro atoms. The molecule has 0 unspecified atom stereocenters. The predicted molar refractivity (Wildman–Crippen MR) is 89.2 cm³/mol. The summed E-state index contributed by atoms with van der Waals surface area (Å²) in [5.74, 6) is -4.86. The van der Waals surface area contributed by atoms with Crippen LogP contribution < -0.4 is 5.32 Å². The maximum Gasteiger partial charge on any atom is 0.308 e. The lowest BCUT2D eigenvalue weighted by Crippen LogP contribution is -2.43. The number of hydrogen-bond acceptors (Lipinski definition) is 5. The molecule has 5 atom stereocenters. The van der Waals surface area contributed by atoms with Crippen LogP contribution in [0.1, 0.15) is 41.0 Å². The maximum absolute atomic E-state index is 12.0. The van der Waals surface area contributed by atoms with Crippen LogP contribution in [0.3, 0.4) is 0 Å². The Balaban J connectivity index is 4.62. The summed E-state index contributed by atoms with van der Waals surface area (Å²) in [6.07, 6.45) is 0.304. The molecule has 0 aliphatic heterocycles. The fraction of sp³-hybridized carbons (Fsp3) is 0.706. The predicted octanol–water partition coefficient (Wildman–Crippen LogP) is 0.743. The lowest BCUT2D eigenvalue weighted by molar-refractivity contribution is -0.147. The van der Waals surface area contributed by atoms with E-state index in [2.05, 4.69) is 5.32 Å². The summed E-state index contributed by atoms with van der Waals surface area (Å²) in [5, 5.41) is 31.2. The van der Waals surface area contributed by atoms with E-state index in [1.165, 1.54) is 13.8 Å². The normalized spacial score (nSPS) is 18.2. The van der Waals surface area contributed by atoms with Crippen LogP contribution in [0.5, 0.6) is 0 Å². The molecule has 0 aliphatic rings. The molecule has 0 saturated heterocycles. The van der Waals surface area contributed by atoms with Gasteiger partial charge in [0, 0.05) is 5.92 Å². The van der Waals surface area contributed by atoms with E-state index in [1.54, 1.807) is 13.8 Å². The highest BCUT2D eigenvalue weighted by Crippen LogP contribution is 2.15. The Bertz CT molecular complexity index is 487. The molecule has 0 bridgehead atoms. The fourth-order valence-electron chi connectivity index (χ4n) is 2.25. The van der Waals surface area contributed by atoms with E-state index < -0.39 is 47.6 Å². The minimum atomic E-state index is -1.33. The fourth-order valence-corrected chi connectivity index (χ4v) is 2.25. The second kappa shape index (κ2) is 10.2. The first-order chi connectivity index (χ1) is 11.0. The summed E-state index contributed by atoms with van der Waals surface area (Å²) >= 11 is 0. The number of allylic oxidation sites excluding steroid dienone is 1. The lowest BCUT2D eigenvalue weighted by atomic mass is 9.90. The Hall–Kier alpha value is -1.73. The number of aliphatic hydroxyl groups excluding tert-OH is 2. The molecule has 0 radical (unpaired) electrons. The number of amides is 1. The lowest BCUT2D eigenvalue weighted by Gasteiger charge is -2.22. The van der Waals surface area contributed by atoms with E-state index >= 15 is 0 Å². The third kappa shape index (κ3) is 6.41. The van der Waals surface area contributed by atoms with Crippen LogP contribution in [0.25, 0.3) is 0 Å². The SMILES string of the molecule is CC/C=C(\C)[C@@H](O)[C@H](C)C(=O)NCC(=O)[C@@H](C)[C@@H](O)[C@@H](C)C(=O)O. The van der Waals surface area contributed by atoms with Gasteiger partial charge in [-0.3, -0.25) is 14.4 Å². The van der Waals surface area contributed by atoms with E-state index in [0.717, 1.165) is 6.42 Å². The molecule has 0 aromatic heterocycles. The number of hydrogen-bond donors (Lipinski definition) is 4. The minimum Gasteiger partial charge on any atom is -0.481 e. The number of carboxylic acid groups (broad SMARTS) is 1. The van der Waals surface area contributed by atoms with Gasteiger partial charge in [0.1, 0.15) is 0 Å². The number of Topliss-reactive ketones (excluding diaryl/α,β-unsaturated/α-hetero) is 1. The van der Waals surface area contributed by atoms with Crippen molar-refractivity contribution in [2.75, 3.05) is 6.54 Å². The Labute approximate surface area is 142 Å². The van der Waals surface area contributed by atoms with Gasteiger partial charge in [0.15, 0.2) is 5.78 Å². The van der Waals surface area contributed by atoms with Gasteiger partial charge in [0.05, 0.1) is 30.6 Å². The number of carbonyl (C=O) groups excluding carboxylic acids is 2. The zero-order valence-electron chi connectivity index (χ0n) is 14.9. The highest BCUT2D eigenvalue weighted by atomic mass is 16.4. The van der Waals surface area contributed by atoms with Gasteiger partial charge in [-0.1, -0.05) is 26.8 Å². The number of aliphatic carboxylic acids is 1. The third-order valence-corrected chi connectivity index (χ3v) is 4.24. The van der Waals surface area contributed by atoms with E-state index in [4.69, 9.17) is 5.11 Å². The van der Waals surface area contributed by atoms with Gasteiger partial charge in [-0.05, 0) is 25.8 Å². The van der Waals surface area contributed by atoms with Crippen LogP contribution in [-0.4, -0.2) is 51.7 Å². The quantitative estimate of drug-likeness (QED) is 0.434. The van der Waals surface area contributed by atoms with Crippen molar-refractivity contribution in [1.82, 2.24) is 5.32 Å². The average Bonchev–Trinajstić information content (AvgIpc) is 2.55. The second-order valence-electron chi connectivity index (χ2n) is 6.18. The molecular weight excluding hydrogens is 314 g/mol. The summed E-state index contributed by atoms with van der Waals surface area (Å²) in [5.41, 5.74) is 0.686. The van der Waals surface area contributed by atoms with E-state index in [9.17, 15) is 24.6 Å². The van der Waals surface area contributed by atoms with Crippen molar-refractivity contribution in [3.8, 4) is 0 Å². The molecule has 7 heteroatoms. The second-order valence-corrected chi connectivity index (χ2v) is 6.18. The first kappa shape index (κ1) is 22.3. The van der Waals surface area contributed by atoms with Gasteiger partial charge in [0.25, 0.3) is 0 Å². The van der Waals surface area contributed by atoms with Crippen molar-refractivity contribution in [3.63, 3.8) is 0 Å². The van der Waals surface area contributed by atoms with Gasteiger partial charge in [-0.15, -0.1) is 0 Å².